The van der Waals surface area contributed by atoms with Gasteiger partial charge in [0.25, 0.3) is 5.91 Å². The lowest BCUT2D eigenvalue weighted by Crippen LogP contribution is -2.23. The Labute approximate surface area is 129 Å². The molecule has 3 nitrogen and oxygen atoms in total. The van der Waals surface area contributed by atoms with Gasteiger partial charge in [-0.05, 0) is 32.0 Å². The molecule has 1 aromatic carbocycles. The van der Waals surface area contributed by atoms with Crippen molar-refractivity contribution < 1.29 is 4.79 Å². The Hall–Kier alpha value is -0.910. The first-order valence-electron chi connectivity index (χ1n) is 5.63. The van der Waals surface area contributed by atoms with Gasteiger partial charge in [0.05, 0.1) is 27.8 Å². The van der Waals surface area contributed by atoms with Crippen molar-refractivity contribution in [3.8, 4) is 0 Å². The van der Waals surface area contributed by atoms with E-state index in [9.17, 15) is 4.79 Å². The summed E-state index contributed by atoms with van der Waals surface area (Å²) in [5.74, 6) is -0.184. The van der Waals surface area contributed by atoms with Crippen molar-refractivity contribution in [1.29, 1.82) is 0 Å². The average Bonchev–Trinajstić information content (AvgIpc) is 2.68. The van der Waals surface area contributed by atoms with E-state index in [1.165, 1.54) is 0 Å². The molecule has 1 N–H and O–H groups in total. The van der Waals surface area contributed by atoms with E-state index in [2.05, 4.69) is 26.2 Å². The Kier molecular flexibility index (Phi) is 4.60. The van der Waals surface area contributed by atoms with Gasteiger partial charge in [-0.15, -0.1) is 11.3 Å². The highest BCUT2D eigenvalue weighted by Crippen LogP contribution is 2.21. The Balaban J connectivity index is 2.09. The number of nitrogens with zero attached hydrogens (tertiary/aromatic N) is 1. The quantitative estimate of drug-likeness (QED) is 0.896. The number of hydrogen-bond acceptors (Lipinski definition) is 3. The minimum atomic E-state index is -0.184. The Morgan fingerprint density at radius 2 is 2.21 bits per heavy atom. The zero-order valence-corrected chi connectivity index (χ0v) is 13.6. The number of amides is 1. The van der Waals surface area contributed by atoms with Crippen LogP contribution in [0.1, 0.15) is 25.9 Å². The Morgan fingerprint density at radius 1 is 1.47 bits per heavy atom. The van der Waals surface area contributed by atoms with Crippen LogP contribution in [-0.2, 0) is 6.54 Å². The first-order valence-corrected chi connectivity index (χ1v) is 7.62. The van der Waals surface area contributed by atoms with Crippen molar-refractivity contribution in [3.63, 3.8) is 0 Å². The minimum Gasteiger partial charge on any atom is -0.347 e. The fourth-order valence-electron chi connectivity index (χ4n) is 1.66. The molecule has 19 heavy (non-hydrogen) atoms. The van der Waals surface area contributed by atoms with Gasteiger partial charge >= 0.3 is 0 Å². The molecule has 0 bridgehead atoms. The molecular formula is C13H12BrClN2OS. The lowest BCUT2D eigenvalue weighted by Gasteiger charge is -2.06. The van der Waals surface area contributed by atoms with Crippen molar-refractivity contribution in [3.05, 3.63) is 48.8 Å². The third-order valence-corrected chi connectivity index (χ3v) is 4.48. The summed E-state index contributed by atoms with van der Waals surface area (Å²) in [5.41, 5.74) is 1.43. The second-order valence-electron chi connectivity index (χ2n) is 4.05. The summed E-state index contributed by atoms with van der Waals surface area (Å²) in [6.07, 6.45) is 0. The highest BCUT2D eigenvalue weighted by atomic mass is 79.9. The van der Waals surface area contributed by atoms with Crippen molar-refractivity contribution in [2.24, 2.45) is 0 Å². The number of carbonyl (C=O) groups excluding carboxylic acids is 1. The molecule has 1 heterocycles. The van der Waals surface area contributed by atoms with E-state index in [4.69, 9.17) is 11.6 Å². The molecule has 2 rings (SSSR count). The molecule has 0 aliphatic rings. The molecule has 0 saturated carbocycles. The average molecular weight is 360 g/mol. The smallest absolute Gasteiger partial charge is 0.253 e. The molecule has 0 unspecified atom stereocenters. The third-order valence-electron chi connectivity index (χ3n) is 2.58. The van der Waals surface area contributed by atoms with E-state index >= 15 is 0 Å². The van der Waals surface area contributed by atoms with Crippen LogP contribution in [0.5, 0.6) is 0 Å². The van der Waals surface area contributed by atoms with Crippen molar-refractivity contribution in [2.45, 2.75) is 20.4 Å². The van der Waals surface area contributed by atoms with E-state index in [1.54, 1.807) is 29.5 Å². The normalized spacial score (nSPS) is 10.5. The summed E-state index contributed by atoms with van der Waals surface area (Å²) >= 11 is 10.9. The van der Waals surface area contributed by atoms with Crippen LogP contribution < -0.4 is 5.32 Å². The van der Waals surface area contributed by atoms with Crippen LogP contribution in [0.25, 0.3) is 0 Å². The van der Waals surface area contributed by atoms with Gasteiger partial charge in [-0.1, -0.05) is 27.5 Å². The summed E-state index contributed by atoms with van der Waals surface area (Å²) < 4.78 is 0.826. The number of nitrogens with one attached hydrogen (secondary N) is 1. The van der Waals surface area contributed by atoms with Crippen molar-refractivity contribution >= 4 is 44.8 Å². The van der Waals surface area contributed by atoms with Crippen LogP contribution in [0.3, 0.4) is 0 Å². The largest absolute Gasteiger partial charge is 0.347 e. The standard InChI is InChI=1S/C13H12BrClN2OS/c1-7-12(19-8(2)17-7)6-16-13(18)10-5-9(14)3-4-11(10)15/h3-5H,6H2,1-2H3,(H,16,18). The second kappa shape index (κ2) is 6.03. The fraction of sp³-hybridized carbons (Fsp3) is 0.231. The first-order chi connectivity index (χ1) is 8.97. The van der Waals surface area contributed by atoms with E-state index in [0.29, 0.717) is 17.1 Å². The minimum absolute atomic E-state index is 0.184. The molecular weight excluding hydrogens is 348 g/mol. The molecule has 0 saturated heterocycles. The maximum atomic E-state index is 12.1. The molecule has 2 aromatic rings. The number of benzene rings is 1. The van der Waals surface area contributed by atoms with Crippen LogP contribution in [0.15, 0.2) is 22.7 Å². The van der Waals surface area contributed by atoms with E-state index in [-0.39, 0.29) is 5.91 Å². The predicted molar refractivity (Wildman–Crippen MR) is 81.9 cm³/mol. The number of rotatable bonds is 3. The Morgan fingerprint density at radius 3 is 2.84 bits per heavy atom. The number of aromatic nitrogens is 1. The molecule has 1 aromatic heterocycles. The van der Waals surface area contributed by atoms with Gasteiger partial charge in [0, 0.05) is 9.35 Å². The van der Waals surface area contributed by atoms with Crippen LogP contribution in [0.2, 0.25) is 5.02 Å². The van der Waals surface area contributed by atoms with Gasteiger partial charge in [-0.2, -0.15) is 0 Å². The number of hydrogen-bond donors (Lipinski definition) is 1. The van der Waals surface area contributed by atoms with Gasteiger partial charge in [0.1, 0.15) is 0 Å². The Bertz CT molecular complexity index is 627. The van der Waals surface area contributed by atoms with Gasteiger partial charge in [-0.25, -0.2) is 4.98 Å². The van der Waals surface area contributed by atoms with Crippen molar-refractivity contribution in [1.82, 2.24) is 10.3 Å². The maximum Gasteiger partial charge on any atom is 0.253 e. The number of carbonyl (C=O) groups is 1. The lowest BCUT2D eigenvalue weighted by molar-refractivity contribution is 0.0951. The molecule has 0 radical (unpaired) electrons. The van der Waals surface area contributed by atoms with E-state index in [1.807, 2.05) is 13.8 Å². The molecule has 0 aliphatic heterocycles. The van der Waals surface area contributed by atoms with Gasteiger partial charge in [0.2, 0.25) is 0 Å². The molecule has 0 aliphatic carbocycles. The van der Waals surface area contributed by atoms with Crippen LogP contribution in [0, 0.1) is 13.8 Å². The zero-order valence-electron chi connectivity index (χ0n) is 10.5. The van der Waals surface area contributed by atoms with Crippen LogP contribution >= 0.6 is 38.9 Å². The number of aryl methyl sites for hydroxylation is 2. The van der Waals surface area contributed by atoms with Gasteiger partial charge in [-0.3, -0.25) is 4.79 Å². The zero-order chi connectivity index (χ0) is 14.0. The predicted octanol–water partition coefficient (Wildman–Crippen LogP) is 4.11. The van der Waals surface area contributed by atoms with E-state index < -0.39 is 0 Å². The maximum absolute atomic E-state index is 12.1. The highest BCUT2D eigenvalue weighted by Gasteiger charge is 2.12. The van der Waals surface area contributed by atoms with Crippen molar-refractivity contribution in [2.75, 3.05) is 0 Å². The number of halogens is 2. The first kappa shape index (κ1) is 14.5. The molecule has 0 spiro atoms. The molecule has 6 heteroatoms. The fourth-order valence-corrected chi connectivity index (χ4v) is 3.11. The topological polar surface area (TPSA) is 42.0 Å². The second-order valence-corrected chi connectivity index (χ2v) is 6.66. The third kappa shape index (κ3) is 3.55. The summed E-state index contributed by atoms with van der Waals surface area (Å²) in [5, 5.41) is 4.31. The van der Waals surface area contributed by atoms with Crippen LogP contribution in [-0.4, -0.2) is 10.9 Å². The van der Waals surface area contributed by atoms with Crippen LogP contribution in [0.4, 0.5) is 0 Å². The summed E-state index contributed by atoms with van der Waals surface area (Å²) in [6.45, 7) is 4.37. The van der Waals surface area contributed by atoms with E-state index in [0.717, 1.165) is 20.1 Å². The molecule has 1 amide bonds. The lowest BCUT2D eigenvalue weighted by atomic mass is 10.2. The van der Waals surface area contributed by atoms with Gasteiger partial charge < -0.3 is 5.32 Å². The highest BCUT2D eigenvalue weighted by molar-refractivity contribution is 9.10. The monoisotopic (exact) mass is 358 g/mol. The summed E-state index contributed by atoms with van der Waals surface area (Å²) in [4.78, 5) is 17.5. The molecule has 100 valence electrons. The number of thiazole rings is 1. The summed E-state index contributed by atoms with van der Waals surface area (Å²) in [6, 6.07) is 5.21. The summed E-state index contributed by atoms with van der Waals surface area (Å²) in [7, 11) is 0. The SMILES string of the molecule is Cc1nc(C)c(CNC(=O)c2cc(Br)ccc2Cl)s1. The van der Waals surface area contributed by atoms with Gasteiger partial charge in [0.15, 0.2) is 0 Å². The molecule has 0 atom stereocenters. The molecule has 0 fully saturated rings.